The first-order chi connectivity index (χ1) is 8.25. The molecule has 3 nitrogen and oxygen atoms in total. The topological polar surface area (TPSA) is 49.3 Å². The third-order valence-electron chi connectivity index (χ3n) is 3.38. The van der Waals surface area contributed by atoms with Crippen LogP contribution in [0.1, 0.15) is 36.3 Å². The normalized spacial score (nSPS) is 20.1. The summed E-state index contributed by atoms with van der Waals surface area (Å²) in [5.41, 5.74) is 2.48. The van der Waals surface area contributed by atoms with E-state index in [0.29, 0.717) is 12.3 Å². The van der Waals surface area contributed by atoms with Gasteiger partial charge >= 0.3 is 5.97 Å². The molecular weight excluding hydrogens is 214 g/mol. The highest BCUT2D eigenvalue weighted by Crippen LogP contribution is 2.23. The number of nitrogens with one attached hydrogen (secondary N) is 1. The van der Waals surface area contributed by atoms with Gasteiger partial charge in [0.1, 0.15) is 0 Å². The number of aliphatic carboxylic acids is 1. The van der Waals surface area contributed by atoms with Crippen LogP contribution in [0, 0.1) is 0 Å². The van der Waals surface area contributed by atoms with Crippen LogP contribution >= 0.6 is 0 Å². The van der Waals surface area contributed by atoms with Crippen LogP contribution in [-0.2, 0) is 11.2 Å². The fraction of sp³-hybridized carbons (Fsp3) is 0.500. The monoisotopic (exact) mass is 233 g/mol. The lowest BCUT2D eigenvalue weighted by Crippen LogP contribution is -2.28. The summed E-state index contributed by atoms with van der Waals surface area (Å²) in [6, 6.07) is 8.42. The minimum atomic E-state index is -0.731. The van der Waals surface area contributed by atoms with Gasteiger partial charge in [-0.1, -0.05) is 24.3 Å². The maximum atomic E-state index is 10.5. The van der Waals surface area contributed by atoms with Crippen LogP contribution in [0.2, 0.25) is 0 Å². The van der Waals surface area contributed by atoms with E-state index < -0.39 is 5.97 Å². The zero-order valence-corrected chi connectivity index (χ0v) is 9.98. The van der Waals surface area contributed by atoms with Crippen LogP contribution in [0.5, 0.6) is 0 Å². The van der Waals surface area contributed by atoms with Crippen molar-refractivity contribution in [2.24, 2.45) is 0 Å². The molecule has 2 rings (SSSR count). The predicted molar refractivity (Wildman–Crippen MR) is 67.2 cm³/mol. The molecule has 0 bridgehead atoms. The van der Waals surface area contributed by atoms with Gasteiger partial charge in [-0.3, -0.25) is 4.79 Å². The van der Waals surface area contributed by atoms with Crippen LogP contribution in [0.15, 0.2) is 24.3 Å². The predicted octanol–water partition coefficient (Wildman–Crippen LogP) is 2.17. The first-order valence-corrected chi connectivity index (χ1v) is 6.27. The molecule has 1 aliphatic heterocycles. The second-order valence-electron chi connectivity index (χ2n) is 4.68. The molecule has 1 aliphatic rings. The molecule has 0 amide bonds. The summed E-state index contributed by atoms with van der Waals surface area (Å²) in [6.45, 7) is 2.20. The number of carboxylic acid groups (broad SMARTS) is 1. The molecule has 2 N–H and O–H groups in total. The number of hydrogen-bond donors (Lipinski definition) is 2. The molecule has 17 heavy (non-hydrogen) atoms. The molecule has 1 aromatic carbocycles. The Morgan fingerprint density at radius 1 is 1.35 bits per heavy atom. The van der Waals surface area contributed by atoms with Crippen molar-refractivity contribution in [2.45, 2.75) is 31.6 Å². The Balaban J connectivity index is 1.94. The number of carbonyl (C=O) groups is 1. The van der Waals surface area contributed by atoms with E-state index in [1.54, 1.807) is 0 Å². The van der Waals surface area contributed by atoms with Gasteiger partial charge in [-0.15, -0.1) is 0 Å². The molecule has 0 aromatic heterocycles. The summed E-state index contributed by atoms with van der Waals surface area (Å²) in [5.74, 6) is -0.108. The van der Waals surface area contributed by atoms with Crippen LogP contribution in [-0.4, -0.2) is 24.2 Å². The van der Waals surface area contributed by atoms with E-state index >= 15 is 0 Å². The van der Waals surface area contributed by atoms with Crippen molar-refractivity contribution >= 4 is 5.97 Å². The molecule has 0 radical (unpaired) electrons. The van der Waals surface area contributed by atoms with Crippen molar-refractivity contribution in [3.05, 3.63) is 35.4 Å². The molecule has 0 saturated carbocycles. The van der Waals surface area contributed by atoms with E-state index in [4.69, 9.17) is 5.11 Å². The zero-order valence-electron chi connectivity index (χ0n) is 9.98. The fourth-order valence-electron chi connectivity index (χ4n) is 2.34. The largest absolute Gasteiger partial charge is 0.481 e. The standard InChI is InChI=1S/C14H19NO2/c16-14(17)8-5-11-3-6-12(7-4-11)13-2-1-9-15-10-13/h3-4,6-7,13,15H,1-2,5,8-10H2,(H,16,17). The molecule has 3 heteroatoms. The Hall–Kier alpha value is -1.35. The second-order valence-corrected chi connectivity index (χ2v) is 4.68. The maximum absolute atomic E-state index is 10.5. The highest BCUT2D eigenvalue weighted by atomic mass is 16.4. The van der Waals surface area contributed by atoms with Gasteiger partial charge in [0.15, 0.2) is 0 Å². The highest BCUT2D eigenvalue weighted by molar-refractivity contribution is 5.67. The minimum absolute atomic E-state index is 0.213. The van der Waals surface area contributed by atoms with Gasteiger partial charge in [-0.25, -0.2) is 0 Å². The van der Waals surface area contributed by atoms with Gasteiger partial charge in [0, 0.05) is 13.0 Å². The molecule has 1 aromatic rings. The first kappa shape index (κ1) is 12.1. The molecule has 92 valence electrons. The van der Waals surface area contributed by atoms with Crippen molar-refractivity contribution in [3.63, 3.8) is 0 Å². The number of rotatable bonds is 4. The van der Waals surface area contributed by atoms with Gasteiger partial charge in [-0.2, -0.15) is 0 Å². The lowest BCUT2D eigenvalue weighted by Gasteiger charge is -2.23. The summed E-state index contributed by atoms with van der Waals surface area (Å²) in [6.07, 6.45) is 3.33. The fourth-order valence-corrected chi connectivity index (χ4v) is 2.34. The van der Waals surface area contributed by atoms with Crippen LogP contribution < -0.4 is 5.32 Å². The van der Waals surface area contributed by atoms with Crippen LogP contribution in [0.4, 0.5) is 0 Å². The Bertz CT molecular complexity index is 366. The van der Waals surface area contributed by atoms with Gasteiger partial charge in [-0.05, 0) is 42.9 Å². The van der Waals surface area contributed by atoms with Crippen molar-refractivity contribution < 1.29 is 9.90 Å². The Morgan fingerprint density at radius 3 is 2.71 bits per heavy atom. The van der Waals surface area contributed by atoms with Crippen LogP contribution in [0.3, 0.4) is 0 Å². The summed E-state index contributed by atoms with van der Waals surface area (Å²) < 4.78 is 0. The number of benzene rings is 1. The molecule has 1 fully saturated rings. The zero-order chi connectivity index (χ0) is 12.1. The van der Waals surface area contributed by atoms with E-state index in [0.717, 1.165) is 18.7 Å². The Kier molecular flexibility index (Phi) is 4.15. The molecule has 1 heterocycles. The van der Waals surface area contributed by atoms with Crippen LogP contribution in [0.25, 0.3) is 0 Å². The number of hydrogen-bond acceptors (Lipinski definition) is 2. The highest BCUT2D eigenvalue weighted by Gasteiger charge is 2.14. The van der Waals surface area contributed by atoms with Gasteiger partial charge in [0.25, 0.3) is 0 Å². The number of aryl methyl sites for hydroxylation is 1. The van der Waals surface area contributed by atoms with Crippen molar-refractivity contribution in [3.8, 4) is 0 Å². The van der Waals surface area contributed by atoms with E-state index in [2.05, 4.69) is 29.6 Å². The van der Waals surface area contributed by atoms with Crippen molar-refractivity contribution in [2.75, 3.05) is 13.1 Å². The summed E-state index contributed by atoms with van der Waals surface area (Å²) in [7, 11) is 0. The Morgan fingerprint density at radius 2 is 2.12 bits per heavy atom. The smallest absolute Gasteiger partial charge is 0.303 e. The molecular formula is C14H19NO2. The van der Waals surface area contributed by atoms with Crippen molar-refractivity contribution in [1.29, 1.82) is 0 Å². The summed E-state index contributed by atoms with van der Waals surface area (Å²) in [4.78, 5) is 10.5. The first-order valence-electron chi connectivity index (χ1n) is 6.27. The minimum Gasteiger partial charge on any atom is -0.481 e. The van der Waals surface area contributed by atoms with Gasteiger partial charge < -0.3 is 10.4 Å². The SMILES string of the molecule is O=C(O)CCc1ccc(C2CCCNC2)cc1. The molecule has 0 spiro atoms. The van der Waals surface area contributed by atoms with Gasteiger partial charge in [0.2, 0.25) is 0 Å². The second kappa shape index (κ2) is 5.82. The average Bonchev–Trinajstić information content (AvgIpc) is 2.38. The number of piperidine rings is 1. The summed E-state index contributed by atoms with van der Waals surface area (Å²) in [5, 5.41) is 12.0. The molecule has 1 saturated heterocycles. The molecule has 1 unspecified atom stereocenters. The van der Waals surface area contributed by atoms with E-state index in [-0.39, 0.29) is 6.42 Å². The Labute approximate surface area is 102 Å². The van der Waals surface area contributed by atoms with Gasteiger partial charge in [0.05, 0.1) is 0 Å². The lowest BCUT2D eigenvalue weighted by atomic mass is 9.91. The summed E-state index contributed by atoms with van der Waals surface area (Å²) >= 11 is 0. The van der Waals surface area contributed by atoms with E-state index in [9.17, 15) is 4.79 Å². The van der Waals surface area contributed by atoms with E-state index in [1.165, 1.54) is 18.4 Å². The quantitative estimate of drug-likeness (QED) is 0.838. The number of carboxylic acids is 1. The van der Waals surface area contributed by atoms with E-state index in [1.807, 2.05) is 0 Å². The molecule has 0 aliphatic carbocycles. The third-order valence-corrected chi connectivity index (χ3v) is 3.38. The maximum Gasteiger partial charge on any atom is 0.303 e. The lowest BCUT2D eigenvalue weighted by molar-refractivity contribution is -0.136. The third kappa shape index (κ3) is 3.56. The van der Waals surface area contributed by atoms with Crippen molar-refractivity contribution in [1.82, 2.24) is 5.32 Å². The molecule has 1 atom stereocenters. The average molecular weight is 233 g/mol.